The molecule has 0 aliphatic heterocycles. The number of anilines is 2. The zero-order valence-corrected chi connectivity index (χ0v) is 10.5. The normalized spacial score (nSPS) is 11.9. The van der Waals surface area contributed by atoms with Crippen molar-refractivity contribution in [1.82, 2.24) is 15.0 Å². The molecule has 100 valence electrons. The number of rotatable bonds is 7. The smallest absolute Gasteiger partial charge is 0.323 e. The van der Waals surface area contributed by atoms with Gasteiger partial charge in [0.1, 0.15) is 0 Å². The zero-order valence-electron chi connectivity index (χ0n) is 10.5. The molecule has 0 aromatic carbocycles. The Kier molecular flexibility index (Phi) is 5.09. The first-order chi connectivity index (χ1) is 8.51. The third-order valence-electron chi connectivity index (χ3n) is 1.95. The van der Waals surface area contributed by atoms with Gasteiger partial charge in [-0.3, -0.25) is 4.79 Å². The molecule has 0 spiro atoms. The molecule has 1 atom stereocenters. The predicted octanol–water partition coefficient (Wildman–Crippen LogP) is -0.0816. The van der Waals surface area contributed by atoms with Gasteiger partial charge in [0.05, 0.1) is 6.61 Å². The molecule has 1 unspecified atom stereocenters. The van der Waals surface area contributed by atoms with Crippen LogP contribution in [0.2, 0.25) is 0 Å². The molecule has 0 radical (unpaired) electrons. The highest BCUT2D eigenvalue weighted by atomic mass is 16.5. The lowest BCUT2D eigenvalue weighted by Crippen LogP contribution is -2.25. The van der Waals surface area contributed by atoms with Crippen LogP contribution >= 0.6 is 0 Å². The summed E-state index contributed by atoms with van der Waals surface area (Å²) in [5, 5.41) is 2.91. The lowest BCUT2D eigenvalue weighted by molar-refractivity contribution is -0.118. The van der Waals surface area contributed by atoms with E-state index in [2.05, 4.69) is 20.3 Å². The van der Waals surface area contributed by atoms with Crippen molar-refractivity contribution < 1.29 is 9.53 Å². The minimum absolute atomic E-state index is 0.0601. The van der Waals surface area contributed by atoms with E-state index in [4.69, 9.17) is 16.2 Å². The highest BCUT2D eigenvalue weighted by Gasteiger charge is 2.10. The minimum atomic E-state index is -0.403. The first kappa shape index (κ1) is 13.9. The summed E-state index contributed by atoms with van der Waals surface area (Å²) >= 11 is 0. The Hall–Kier alpha value is -2.12. The number of carbonyl (C=O) groups is 1. The molecule has 1 rings (SSSR count). The van der Waals surface area contributed by atoms with E-state index < -0.39 is 5.91 Å². The number of amides is 1. The summed E-state index contributed by atoms with van der Waals surface area (Å²) in [4.78, 5) is 22.5. The van der Waals surface area contributed by atoms with Crippen molar-refractivity contribution in [3.63, 3.8) is 0 Å². The molecule has 1 heterocycles. The Labute approximate surface area is 105 Å². The van der Waals surface area contributed by atoms with Gasteiger partial charge in [-0.1, -0.05) is 6.92 Å². The van der Waals surface area contributed by atoms with Crippen molar-refractivity contribution in [2.24, 2.45) is 5.73 Å². The lowest BCUT2D eigenvalue weighted by atomic mass is 10.2. The van der Waals surface area contributed by atoms with Gasteiger partial charge in [0.25, 0.3) is 0 Å². The number of hydrogen-bond donors (Lipinski definition) is 3. The van der Waals surface area contributed by atoms with Crippen LogP contribution < -0.4 is 21.5 Å². The Balaban J connectivity index is 2.69. The van der Waals surface area contributed by atoms with Crippen LogP contribution in [0.25, 0.3) is 0 Å². The minimum Gasteiger partial charge on any atom is -0.463 e. The summed E-state index contributed by atoms with van der Waals surface area (Å²) in [7, 11) is 0. The van der Waals surface area contributed by atoms with Crippen LogP contribution in [0.15, 0.2) is 0 Å². The Morgan fingerprint density at radius 2 is 2.17 bits per heavy atom. The molecule has 8 heteroatoms. The van der Waals surface area contributed by atoms with Gasteiger partial charge in [0.2, 0.25) is 17.8 Å². The van der Waals surface area contributed by atoms with Crippen LogP contribution in [-0.4, -0.2) is 33.5 Å². The monoisotopic (exact) mass is 254 g/mol. The summed E-state index contributed by atoms with van der Waals surface area (Å²) in [5.74, 6) is -0.0771. The zero-order chi connectivity index (χ0) is 13.5. The van der Waals surface area contributed by atoms with Crippen molar-refractivity contribution >= 4 is 17.8 Å². The summed E-state index contributed by atoms with van der Waals surface area (Å²) < 4.78 is 5.27. The highest BCUT2D eigenvalue weighted by Crippen LogP contribution is 2.10. The number of nitrogens with one attached hydrogen (secondary N) is 1. The third-order valence-corrected chi connectivity index (χ3v) is 1.95. The molecule has 1 amide bonds. The first-order valence-electron chi connectivity index (χ1n) is 5.70. The van der Waals surface area contributed by atoms with E-state index in [9.17, 15) is 4.79 Å². The van der Waals surface area contributed by atoms with Gasteiger partial charge in [-0.15, -0.1) is 0 Å². The van der Waals surface area contributed by atoms with Crippen molar-refractivity contribution in [3.8, 4) is 6.01 Å². The van der Waals surface area contributed by atoms with Crippen molar-refractivity contribution in [2.45, 2.75) is 32.7 Å². The first-order valence-corrected chi connectivity index (χ1v) is 5.70. The van der Waals surface area contributed by atoms with Crippen LogP contribution in [0, 0.1) is 0 Å². The van der Waals surface area contributed by atoms with Gasteiger partial charge in [-0.25, -0.2) is 0 Å². The molecule has 0 saturated heterocycles. The molecular weight excluding hydrogens is 236 g/mol. The number of hydrogen-bond acceptors (Lipinski definition) is 7. The van der Waals surface area contributed by atoms with E-state index in [0.717, 1.165) is 6.42 Å². The fraction of sp³-hybridized carbons (Fsp3) is 0.600. The molecule has 8 nitrogen and oxygen atoms in total. The number of aromatic nitrogens is 3. The molecule has 0 aliphatic rings. The summed E-state index contributed by atoms with van der Waals surface area (Å²) in [6.45, 7) is 4.26. The van der Waals surface area contributed by atoms with Crippen LogP contribution in [0.3, 0.4) is 0 Å². The summed E-state index contributed by atoms with van der Waals surface area (Å²) in [5.41, 5.74) is 10.6. The van der Waals surface area contributed by atoms with E-state index in [0.29, 0.717) is 6.61 Å². The van der Waals surface area contributed by atoms with Gasteiger partial charge in [-0.2, -0.15) is 15.0 Å². The van der Waals surface area contributed by atoms with Crippen LogP contribution in [0.1, 0.15) is 26.7 Å². The van der Waals surface area contributed by atoms with Gasteiger partial charge >= 0.3 is 6.01 Å². The molecular formula is C10H18N6O2. The van der Waals surface area contributed by atoms with E-state index in [-0.39, 0.29) is 30.4 Å². The number of carbonyl (C=O) groups excluding carboxylic acids is 1. The number of nitrogens with two attached hydrogens (primary N) is 2. The SMILES string of the molecule is CCCOc1nc(N)nc(NC(C)CC(N)=O)n1. The molecule has 1 aromatic heterocycles. The van der Waals surface area contributed by atoms with Gasteiger partial charge in [0, 0.05) is 12.5 Å². The number of ether oxygens (including phenoxy) is 1. The molecule has 0 saturated carbocycles. The maximum Gasteiger partial charge on any atom is 0.323 e. The summed E-state index contributed by atoms with van der Waals surface area (Å²) in [6.07, 6.45) is 1.02. The molecule has 1 aromatic rings. The van der Waals surface area contributed by atoms with E-state index in [1.54, 1.807) is 6.92 Å². The second kappa shape index (κ2) is 6.58. The Bertz CT molecular complexity index is 411. The summed E-state index contributed by atoms with van der Waals surface area (Å²) in [6, 6.07) is -0.0264. The topological polar surface area (TPSA) is 129 Å². The average molecular weight is 254 g/mol. The van der Waals surface area contributed by atoms with Crippen LogP contribution in [0.5, 0.6) is 6.01 Å². The number of nitrogen functional groups attached to an aromatic ring is 1. The van der Waals surface area contributed by atoms with Crippen LogP contribution in [-0.2, 0) is 4.79 Å². The quantitative estimate of drug-likeness (QED) is 0.620. The van der Waals surface area contributed by atoms with Crippen molar-refractivity contribution in [1.29, 1.82) is 0 Å². The third kappa shape index (κ3) is 4.81. The van der Waals surface area contributed by atoms with Crippen LogP contribution in [0.4, 0.5) is 11.9 Å². The molecule has 0 aliphatic carbocycles. The predicted molar refractivity (Wildman–Crippen MR) is 66.9 cm³/mol. The van der Waals surface area contributed by atoms with Crippen molar-refractivity contribution in [3.05, 3.63) is 0 Å². The number of nitrogens with zero attached hydrogens (tertiary/aromatic N) is 3. The lowest BCUT2D eigenvalue weighted by Gasteiger charge is -2.12. The molecule has 0 fully saturated rings. The van der Waals surface area contributed by atoms with E-state index in [1.165, 1.54) is 0 Å². The van der Waals surface area contributed by atoms with E-state index >= 15 is 0 Å². The second-order valence-corrected chi connectivity index (χ2v) is 3.86. The largest absolute Gasteiger partial charge is 0.463 e. The molecule has 0 bridgehead atoms. The Morgan fingerprint density at radius 3 is 2.78 bits per heavy atom. The fourth-order valence-electron chi connectivity index (χ4n) is 1.27. The Morgan fingerprint density at radius 1 is 1.44 bits per heavy atom. The highest BCUT2D eigenvalue weighted by molar-refractivity contribution is 5.74. The fourth-order valence-corrected chi connectivity index (χ4v) is 1.27. The average Bonchev–Trinajstić information content (AvgIpc) is 2.24. The van der Waals surface area contributed by atoms with E-state index in [1.807, 2.05) is 6.92 Å². The standard InChI is InChI=1S/C10H18N6O2/c1-3-4-18-10-15-8(12)14-9(16-10)13-6(2)5-7(11)17/h6H,3-5H2,1-2H3,(H2,11,17)(H3,12,13,14,15,16). The van der Waals surface area contributed by atoms with Crippen molar-refractivity contribution in [2.75, 3.05) is 17.7 Å². The molecule has 18 heavy (non-hydrogen) atoms. The number of primary amides is 1. The maximum atomic E-state index is 10.8. The second-order valence-electron chi connectivity index (χ2n) is 3.86. The van der Waals surface area contributed by atoms with Gasteiger partial charge < -0.3 is 21.5 Å². The maximum absolute atomic E-state index is 10.8. The van der Waals surface area contributed by atoms with Gasteiger partial charge in [-0.05, 0) is 13.3 Å². The molecule has 5 N–H and O–H groups in total. The van der Waals surface area contributed by atoms with Gasteiger partial charge in [0.15, 0.2) is 0 Å².